The van der Waals surface area contributed by atoms with Gasteiger partial charge in [-0.15, -0.1) is 0 Å². The molecule has 1 aromatic heterocycles. The lowest BCUT2D eigenvalue weighted by Gasteiger charge is -2.19. The van der Waals surface area contributed by atoms with Crippen LogP contribution in [0.3, 0.4) is 0 Å². The van der Waals surface area contributed by atoms with Crippen LogP contribution >= 0.6 is 0 Å². The third-order valence-corrected chi connectivity index (χ3v) is 4.15. The summed E-state index contributed by atoms with van der Waals surface area (Å²) in [5, 5.41) is 14.1. The molecule has 148 valence electrons. The predicted molar refractivity (Wildman–Crippen MR) is 104 cm³/mol. The van der Waals surface area contributed by atoms with Crippen molar-refractivity contribution >= 4 is 17.3 Å². The second-order valence-electron chi connectivity index (χ2n) is 7.35. The second-order valence-corrected chi connectivity index (χ2v) is 7.35. The van der Waals surface area contributed by atoms with Crippen molar-refractivity contribution in [1.29, 1.82) is 5.26 Å². The molecule has 1 aromatic carbocycles. The third-order valence-electron chi connectivity index (χ3n) is 4.15. The summed E-state index contributed by atoms with van der Waals surface area (Å²) in [6.45, 7) is 6.38. The van der Waals surface area contributed by atoms with Crippen LogP contribution in [0.25, 0.3) is 11.3 Å². The van der Waals surface area contributed by atoms with E-state index in [0.717, 1.165) is 11.3 Å². The highest BCUT2D eigenvalue weighted by molar-refractivity contribution is 5.94. The fourth-order valence-corrected chi connectivity index (χ4v) is 2.67. The molecule has 0 aliphatic carbocycles. The van der Waals surface area contributed by atoms with Gasteiger partial charge in [0, 0.05) is 7.05 Å². The molecule has 0 unspecified atom stereocenters. The number of benzene rings is 1. The maximum absolute atomic E-state index is 12.3. The molecule has 7 heteroatoms. The van der Waals surface area contributed by atoms with E-state index in [1.807, 2.05) is 31.2 Å². The van der Waals surface area contributed by atoms with Crippen LogP contribution in [0, 0.1) is 18.3 Å². The summed E-state index contributed by atoms with van der Waals surface area (Å²) in [5.74, 6) is -0.825. The summed E-state index contributed by atoms with van der Waals surface area (Å²) in [4.78, 5) is 11.1. The van der Waals surface area contributed by atoms with Crippen LogP contribution in [0.1, 0.15) is 43.3 Å². The van der Waals surface area contributed by atoms with Gasteiger partial charge in [0.2, 0.25) is 6.79 Å². The number of ether oxygens (including phenoxy) is 2. The Hall–Kier alpha value is -3.14. The number of halogens is 1. The molecule has 2 aromatic rings. The van der Waals surface area contributed by atoms with Crippen molar-refractivity contribution in [2.24, 2.45) is 7.05 Å². The van der Waals surface area contributed by atoms with E-state index in [4.69, 9.17) is 4.74 Å². The normalized spacial score (nSPS) is 12.2. The average Bonchev–Trinajstić information content (AvgIpc) is 2.98. The molecule has 1 heterocycles. The van der Waals surface area contributed by atoms with Crippen LogP contribution in [0.2, 0.25) is 0 Å². The van der Waals surface area contributed by atoms with Crippen molar-refractivity contribution in [3.8, 4) is 6.07 Å². The van der Waals surface area contributed by atoms with Crippen LogP contribution in [0.5, 0.6) is 0 Å². The van der Waals surface area contributed by atoms with Gasteiger partial charge in [-0.1, -0.05) is 45.0 Å². The largest absolute Gasteiger partial charge is 0.454 e. The van der Waals surface area contributed by atoms with Gasteiger partial charge in [-0.05, 0) is 29.5 Å². The van der Waals surface area contributed by atoms with Gasteiger partial charge in [0.1, 0.15) is 17.3 Å². The number of hydrogen-bond acceptors (Lipinski definition) is 5. The zero-order chi connectivity index (χ0) is 20.9. The fraction of sp³-hybridized carbons (Fsp3) is 0.381. The Morgan fingerprint density at radius 1 is 1.25 bits per heavy atom. The van der Waals surface area contributed by atoms with E-state index in [1.165, 1.54) is 0 Å². The van der Waals surface area contributed by atoms with Gasteiger partial charge in [0.15, 0.2) is 12.4 Å². The molecular weight excluding hydrogens is 361 g/mol. The minimum absolute atomic E-state index is 0.0197. The van der Waals surface area contributed by atoms with E-state index >= 15 is 0 Å². The van der Waals surface area contributed by atoms with Crippen LogP contribution in [-0.2, 0) is 26.7 Å². The SMILES string of the molecule is Cc1cc(/C(OCOC(=O)CF)=C(\C#N)c2ccc(C(C)(C)C)cc2)n(C)n1. The Bertz CT molecular complexity index is 916. The first-order valence-electron chi connectivity index (χ1n) is 8.78. The van der Waals surface area contributed by atoms with Gasteiger partial charge < -0.3 is 9.47 Å². The highest BCUT2D eigenvalue weighted by Crippen LogP contribution is 2.29. The Morgan fingerprint density at radius 2 is 1.89 bits per heavy atom. The number of esters is 1. The number of aromatic nitrogens is 2. The molecule has 0 bridgehead atoms. The number of carbonyl (C=O) groups is 1. The first kappa shape index (κ1) is 21.2. The highest BCUT2D eigenvalue weighted by atomic mass is 19.1. The lowest BCUT2D eigenvalue weighted by molar-refractivity contribution is -0.152. The summed E-state index contributed by atoms with van der Waals surface area (Å²) in [7, 11) is 1.72. The average molecular weight is 385 g/mol. The molecule has 6 nitrogen and oxygen atoms in total. The van der Waals surface area contributed by atoms with Crippen LogP contribution in [-0.4, -0.2) is 29.2 Å². The molecular formula is C21H24FN3O3. The van der Waals surface area contributed by atoms with Gasteiger partial charge >= 0.3 is 5.97 Å². The number of nitriles is 1. The maximum Gasteiger partial charge on any atom is 0.340 e. The number of carbonyl (C=O) groups excluding carboxylic acids is 1. The smallest absolute Gasteiger partial charge is 0.340 e. The number of allylic oxidation sites excluding steroid dienone is 1. The maximum atomic E-state index is 12.3. The van der Waals surface area contributed by atoms with Crippen LogP contribution < -0.4 is 0 Å². The lowest BCUT2D eigenvalue weighted by atomic mass is 9.86. The van der Waals surface area contributed by atoms with Gasteiger partial charge in [0.05, 0.1) is 5.69 Å². The van der Waals surface area contributed by atoms with Crippen molar-refractivity contribution in [1.82, 2.24) is 9.78 Å². The van der Waals surface area contributed by atoms with Crippen molar-refractivity contribution in [3.05, 3.63) is 52.8 Å². The van der Waals surface area contributed by atoms with E-state index in [0.29, 0.717) is 11.3 Å². The molecule has 0 radical (unpaired) electrons. The first-order valence-corrected chi connectivity index (χ1v) is 8.78. The van der Waals surface area contributed by atoms with Gasteiger partial charge in [-0.2, -0.15) is 10.4 Å². The first-order chi connectivity index (χ1) is 13.2. The van der Waals surface area contributed by atoms with Crippen LogP contribution in [0.4, 0.5) is 4.39 Å². The molecule has 0 spiro atoms. The minimum Gasteiger partial charge on any atom is -0.454 e. The molecule has 0 saturated heterocycles. The molecule has 0 fully saturated rings. The second kappa shape index (κ2) is 8.70. The monoisotopic (exact) mass is 385 g/mol. The van der Waals surface area contributed by atoms with Crippen LogP contribution in [0.15, 0.2) is 30.3 Å². The Labute approximate surface area is 164 Å². The van der Waals surface area contributed by atoms with E-state index < -0.39 is 19.4 Å². The topological polar surface area (TPSA) is 77.1 Å². The van der Waals surface area contributed by atoms with E-state index in [1.54, 1.807) is 17.8 Å². The zero-order valence-corrected chi connectivity index (χ0v) is 16.7. The van der Waals surface area contributed by atoms with Crippen molar-refractivity contribution in [2.75, 3.05) is 13.5 Å². The molecule has 0 aliphatic heterocycles. The fourth-order valence-electron chi connectivity index (χ4n) is 2.67. The number of hydrogen-bond donors (Lipinski definition) is 0. The summed E-state index contributed by atoms with van der Waals surface area (Å²) in [5.41, 5.74) is 3.31. The summed E-state index contributed by atoms with van der Waals surface area (Å²) < 4.78 is 24.1. The third kappa shape index (κ3) is 4.97. The van der Waals surface area contributed by atoms with E-state index in [9.17, 15) is 14.4 Å². The minimum atomic E-state index is -1.24. The van der Waals surface area contributed by atoms with Crippen molar-refractivity contribution in [2.45, 2.75) is 33.1 Å². The summed E-state index contributed by atoms with van der Waals surface area (Å²) >= 11 is 0. The predicted octanol–water partition coefficient (Wildman–Crippen LogP) is 3.90. The molecule has 0 saturated carbocycles. The number of alkyl halides is 1. The van der Waals surface area contributed by atoms with Crippen molar-refractivity contribution in [3.63, 3.8) is 0 Å². The Balaban J connectivity index is 2.50. The van der Waals surface area contributed by atoms with Gasteiger partial charge in [-0.25, -0.2) is 9.18 Å². The molecule has 0 atom stereocenters. The Kier molecular flexibility index (Phi) is 6.57. The molecule has 0 aliphatic rings. The highest BCUT2D eigenvalue weighted by Gasteiger charge is 2.19. The molecule has 2 rings (SSSR count). The summed E-state index contributed by atoms with van der Waals surface area (Å²) in [6, 6.07) is 11.5. The van der Waals surface area contributed by atoms with E-state index in [2.05, 4.69) is 36.7 Å². The zero-order valence-electron chi connectivity index (χ0n) is 16.7. The van der Waals surface area contributed by atoms with Crippen molar-refractivity contribution < 1.29 is 18.7 Å². The number of rotatable bonds is 6. The number of nitrogens with zero attached hydrogens (tertiary/aromatic N) is 3. The van der Waals surface area contributed by atoms with Gasteiger partial charge in [-0.3, -0.25) is 4.68 Å². The summed E-state index contributed by atoms with van der Waals surface area (Å²) in [6.07, 6.45) is 0. The van der Waals surface area contributed by atoms with E-state index in [-0.39, 0.29) is 16.7 Å². The quantitative estimate of drug-likeness (QED) is 0.326. The molecule has 0 N–H and O–H groups in total. The van der Waals surface area contributed by atoms with Gasteiger partial charge in [0.25, 0.3) is 0 Å². The lowest BCUT2D eigenvalue weighted by Crippen LogP contribution is -2.12. The molecule has 0 amide bonds. The Morgan fingerprint density at radius 3 is 2.36 bits per heavy atom. The standard InChI is InChI=1S/C21H24FN3O3/c1-14-10-18(25(5)24-14)20(28-13-27-19(26)11-22)17(12-23)15-6-8-16(9-7-15)21(2,3)4/h6-10H,11,13H2,1-5H3/b20-17-. The number of aryl methyl sites for hydroxylation is 2. The molecule has 28 heavy (non-hydrogen) atoms.